The van der Waals surface area contributed by atoms with Gasteiger partial charge in [0, 0.05) is 11.3 Å². The highest BCUT2D eigenvalue weighted by Gasteiger charge is 2.14. The lowest BCUT2D eigenvalue weighted by molar-refractivity contribution is 0.103. The van der Waals surface area contributed by atoms with E-state index in [0.717, 1.165) is 12.8 Å². The molecule has 0 unspecified atom stereocenters. The van der Waals surface area contributed by atoms with E-state index in [-0.39, 0.29) is 5.78 Å². The van der Waals surface area contributed by atoms with Crippen molar-refractivity contribution in [1.29, 1.82) is 0 Å². The molecule has 110 valence electrons. The Bertz CT molecular complexity index is 618. The molecule has 2 aromatic carbocycles. The number of hydrogen-bond donors (Lipinski definition) is 1. The standard InChI is InChI=1S/C18H21NO2/c1-3-4-5-13-6-8-14(9-7-13)18(20)16-12-15(19)10-11-17(16)21-2/h6-12H,3-5,19H2,1-2H3. The maximum Gasteiger partial charge on any atom is 0.196 e. The minimum absolute atomic E-state index is 0.0683. The quantitative estimate of drug-likeness (QED) is 0.647. The van der Waals surface area contributed by atoms with E-state index in [1.54, 1.807) is 25.3 Å². The Hall–Kier alpha value is -2.29. The Morgan fingerprint density at radius 3 is 2.48 bits per heavy atom. The van der Waals surface area contributed by atoms with Crippen LogP contribution in [0, 0.1) is 0 Å². The molecule has 0 atom stereocenters. The minimum Gasteiger partial charge on any atom is -0.496 e. The molecule has 2 N–H and O–H groups in total. The summed E-state index contributed by atoms with van der Waals surface area (Å²) in [6.45, 7) is 2.17. The molecule has 2 rings (SSSR count). The summed E-state index contributed by atoms with van der Waals surface area (Å²) in [6, 6.07) is 12.9. The summed E-state index contributed by atoms with van der Waals surface area (Å²) in [5.74, 6) is 0.477. The van der Waals surface area contributed by atoms with Crippen LogP contribution in [0.25, 0.3) is 0 Å². The molecule has 0 spiro atoms. The van der Waals surface area contributed by atoms with Gasteiger partial charge in [0.1, 0.15) is 5.75 Å². The van der Waals surface area contributed by atoms with Crippen LogP contribution in [0.3, 0.4) is 0 Å². The first kappa shape index (κ1) is 15.1. The number of carbonyl (C=O) groups excluding carboxylic acids is 1. The number of nitrogens with two attached hydrogens (primary N) is 1. The molecule has 0 saturated carbocycles. The number of ketones is 1. The van der Waals surface area contributed by atoms with Gasteiger partial charge in [0.15, 0.2) is 5.78 Å². The van der Waals surface area contributed by atoms with Gasteiger partial charge >= 0.3 is 0 Å². The number of unbranched alkanes of at least 4 members (excludes halogenated alkanes) is 1. The third-order valence-corrected chi connectivity index (χ3v) is 3.50. The lowest BCUT2D eigenvalue weighted by Gasteiger charge is -2.09. The van der Waals surface area contributed by atoms with Gasteiger partial charge in [-0.3, -0.25) is 4.79 Å². The molecule has 0 radical (unpaired) electrons. The topological polar surface area (TPSA) is 52.3 Å². The first-order valence-corrected chi connectivity index (χ1v) is 7.23. The van der Waals surface area contributed by atoms with E-state index < -0.39 is 0 Å². The van der Waals surface area contributed by atoms with E-state index >= 15 is 0 Å². The number of rotatable bonds is 6. The van der Waals surface area contributed by atoms with E-state index in [1.165, 1.54) is 12.0 Å². The number of methoxy groups -OCH3 is 1. The molecule has 0 aliphatic carbocycles. The van der Waals surface area contributed by atoms with Gasteiger partial charge in [-0.25, -0.2) is 0 Å². The predicted molar refractivity (Wildman–Crippen MR) is 85.9 cm³/mol. The molecule has 2 aromatic rings. The van der Waals surface area contributed by atoms with Gasteiger partial charge in [-0.05, 0) is 36.6 Å². The minimum atomic E-state index is -0.0683. The van der Waals surface area contributed by atoms with E-state index in [2.05, 4.69) is 6.92 Å². The number of anilines is 1. The molecule has 0 bridgehead atoms. The Kier molecular flexibility index (Phi) is 4.99. The van der Waals surface area contributed by atoms with Crippen molar-refractivity contribution in [1.82, 2.24) is 0 Å². The van der Waals surface area contributed by atoms with Crippen LogP contribution in [0.15, 0.2) is 42.5 Å². The van der Waals surface area contributed by atoms with Crippen LogP contribution in [0.2, 0.25) is 0 Å². The number of ether oxygens (including phenoxy) is 1. The maximum atomic E-state index is 12.6. The summed E-state index contributed by atoms with van der Waals surface area (Å²) in [4.78, 5) is 12.6. The van der Waals surface area contributed by atoms with Gasteiger partial charge in [0.05, 0.1) is 12.7 Å². The smallest absolute Gasteiger partial charge is 0.196 e. The SMILES string of the molecule is CCCCc1ccc(C(=O)c2cc(N)ccc2OC)cc1. The average molecular weight is 283 g/mol. The summed E-state index contributed by atoms with van der Waals surface area (Å²) in [5, 5.41) is 0. The molecule has 0 aliphatic heterocycles. The molecule has 0 amide bonds. The van der Waals surface area contributed by atoms with Crippen molar-refractivity contribution in [2.75, 3.05) is 12.8 Å². The number of hydrogen-bond acceptors (Lipinski definition) is 3. The first-order valence-electron chi connectivity index (χ1n) is 7.23. The number of aryl methyl sites for hydroxylation is 1. The lowest BCUT2D eigenvalue weighted by atomic mass is 9.99. The van der Waals surface area contributed by atoms with E-state index in [4.69, 9.17) is 10.5 Å². The van der Waals surface area contributed by atoms with Crippen LogP contribution in [-0.2, 0) is 6.42 Å². The Balaban J connectivity index is 2.25. The Morgan fingerprint density at radius 2 is 1.86 bits per heavy atom. The highest BCUT2D eigenvalue weighted by atomic mass is 16.5. The fourth-order valence-corrected chi connectivity index (χ4v) is 2.26. The fraction of sp³-hybridized carbons (Fsp3) is 0.278. The summed E-state index contributed by atoms with van der Waals surface area (Å²) in [6.07, 6.45) is 3.38. The number of nitrogen functional groups attached to an aromatic ring is 1. The van der Waals surface area contributed by atoms with Gasteiger partial charge in [-0.1, -0.05) is 37.6 Å². The molecule has 3 heteroatoms. The van der Waals surface area contributed by atoms with E-state index in [0.29, 0.717) is 22.6 Å². The predicted octanol–water partition coefficient (Wildman–Crippen LogP) is 3.85. The second kappa shape index (κ2) is 6.93. The van der Waals surface area contributed by atoms with Crippen LogP contribution < -0.4 is 10.5 Å². The Labute approximate surface area is 125 Å². The summed E-state index contributed by atoms with van der Waals surface area (Å²) in [7, 11) is 1.55. The highest BCUT2D eigenvalue weighted by molar-refractivity contribution is 6.11. The van der Waals surface area contributed by atoms with Crippen LogP contribution in [0.5, 0.6) is 5.75 Å². The van der Waals surface area contributed by atoms with Gasteiger partial charge in [-0.15, -0.1) is 0 Å². The van der Waals surface area contributed by atoms with E-state index in [9.17, 15) is 4.79 Å². The molecule has 0 aromatic heterocycles. The third-order valence-electron chi connectivity index (χ3n) is 3.50. The van der Waals surface area contributed by atoms with Crippen molar-refractivity contribution >= 4 is 11.5 Å². The van der Waals surface area contributed by atoms with Crippen molar-refractivity contribution in [3.63, 3.8) is 0 Å². The number of carbonyl (C=O) groups is 1. The number of benzene rings is 2. The fourth-order valence-electron chi connectivity index (χ4n) is 2.26. The second-order valence-corrected chi connectivity index (χ2v) is 5.09. The van der Waals surface area contributed by atoms with Crippen molar-refractivity contribution < 1.29 is 9.53 Å². The second-order valence-electron chi connectivity index (χ2n) is 5.09. The maximum absolute atomic E-state index is 12.6. The van der Waals surface area contributed by atoms with Crippen LogP contribution in [0.1, 0.15) is 41.3 Å². The normalized spacial score (nSPS) is 10.4. The van der Waals surface area contributed by atoms with Crippen molar-refractivity contribution in [2.24, 2.45) is 0 Å². The Morgan fingerprint density at radius 1 is 1.14 bits per heavy atom. The van der Waals surface area contributed by atoms with Crippen LogP contribution in [-0.4, -0.2) is 12.9 Å². The third kappa shape index (κ3) is 3.63. The van der Waals surface area contributed by atoms with Gasteiger partial charge < -0.3 is 10.5 Å². The highest BCUT2D eigenvalue weighted by Crippen LogP contribution is 2.24. The van der Waals surface area contributed by atoms with Gasteiger partial charge in [0.25, 0.3) is 0 Å². The van der Waals surface area contributed by atoms with Gasteiger partial charge in [-0.2, -0.15) is 0 Å². The van der Waals surface area contributed by atoms with Crippen LogP contribution in [0.4, 0.5) is 5.69 Å². The molecule has 0 fully saturated rings. The molecule has 0 aliphatic rings. The molecular weight excluding hydrogens is 262 g/mol. The molecule has 21 heavy (non-hydrogen) atoms. The zero-order valence-electron chi connectivity index (χ0n) is 12.6. The van der Waals surface area contributed by atoms with Crippen molar-refractivity contribution in [3.8, 4) is 5.75 Å². The summed E-state index contributed by atoms with van der Waals surface area (Å²) < 4.78 is 5.24. The van der Waals surface area contributed by atoms with Crippen molar-refractivity contribution in [3.05, 3.63) is 59.2 Å². The largest absolute Gasteiger partial charge is 0.496 e. The summed E-state index contributed by atoms with van der Waals surface area (Å²) in [5.41, 5.74) is 8.73. The first-order chi connectivity index (χ1) is 10.2. The lowest BCUT2D eigenvalue weighted by Crippen LogP contribution is -2.05. The summed E-state index contributed by atoms with van der Waals surface area (Å²) >= 11 is 0. The van der Waals surface area contributed by atoms with Crippen LogP contribution >= 0.6 is 0 Å². The monoisotopic (exact) mass is 283 g/mol. The zero-order chi connectivity index (χ0) is 15.2. The zero-order valence-corrected chi connectivity index (χ0v) is 12.6. The molecule has 3 nitrogen and oxygen atoms in total. The molecular formula is C18H21NO2. The van der Waals surface area contributed by atoms with Gasteiger partial charge in [0.2, 0.25) is 0 Å². The molecule has 0 saturated heterocycles. The molecule has 0 heterocycles. The van der Waals surface area contributed by atoms with E-state index in [1.807, 2.05) is 24.3 Å². The average Bonchev–Trinajstić information content (AvgIpc) is 2.52. The van der Waals surface area contributed by atoms with Crippen molar-refractivity contribution in [2.45, 2.75) is 26.2 Å².